The van der Waals surface area contributed by atoms with Gasteiger partial charge in [-0.25, -0.2) is 9.97 Å². The molecule has 20 heavy (non-hydrogen) atoms. The number of aryl methyl sites for hydroxylation is 1. The van der Waals surface area contributed by atoms with Crippen molar-refractivity contribution in [3.63, 3.8) is 0 Å². The summed E-state index contributed by atoms with van der Waals surface area (Å²) >= 11 is 0. The molecule has 0 saturated carbocycles. The van der Waals surface area contributed by atoms with Gasteiger partial charge in [-0.3, -0.25) is 0 Å². The van der Waals surface area contributed by atoms with Crippen molar-refractivity contribution in [2.45, 2.75) is 13.0 Å². The largest absolute Gasteiger partial charge is 0.444 e. The fourth-order valence-corrected chi connectivity index (χ4v) is 2.20. The standard InChI is InChI=1S/C15H16N4O/c1-11(15-17-7-8-19(15)2)18-13-5-3-12(4-6-13)14-9-16-10-20-14/h3-11,18H,1-2H3. The van der Waals surface area contributed by atoms with Gasteiger partial charge in [0.15, 0.2) is 12.2 Å². The van der Waals surface area contributed by atoms with Gasteiger partial charge in [-0.1, -0.05) is 0 Å². The highest BCUT2D eigenvalue weighted by molar-refractivity contribution is 5.60. The summed E-state index contributed by atoms with van der Waals surface area (Å²) in [4.78, 5) is 8.27. The van der Waals surface area contributed by atoms with Crippen molar-refractivity contribution in [1.29, 1.82) is 0 Å². The van der Waals surface area contributed by atoms with E-state index in [0.717, 1.165) is 22.8 Å². The van der Waals surface area contributed by atoms with Crippen molar-refractivity contribution in [2.75, 3.05) is 5.32 Å². The molecule has 0 bridgehead atoms. The number of oxazole rings is 1. The first-order chi connectivity index (χ1) is 9.74. The van der Waals surface area contributed by atoms with Crippen LogP contribution in [-0.2, 0) is 7.05 Å². The van der Waals surface area contributed by atoms with Gasteiger partial charge in [0.05, 0.1) is 12.2 Å². The predicted octanol–water partition coefficient (Wildman–Crippen LogP) is 3.25. The quantitative estimate of drug-likeness (QED) is 0.789. The minimum absolute atomic E-state index is 0.145. The summed E-state index contributed by atoms with van der Waals surface area (Å²) in [5, 5.41) is 3.43. The van der Waals surface area contributed by atoms with E-state index in [4.69, 9.17) is 4.42 Å². The summed E-state index contributed by atoms with van der Waals surface area (Å²) in [5.74, 6) is 1.78. The molecule has 1 aromatic carbocycles. The lowest BCUT2D eigenvalue weighted by Crippen LogP contribution is -2.11. The van der Waals surface area contributed by atoms with Gasteiger partial charge >= 0.3 is 0 Å². The number of imidazole rings is 1. The maximum atomic E-state index is 5.27. The Hall–Kier alpha value is -2.56. The summed E-state index contributed by atoms with van der Waals surface area (Å²) in [7, 11) is 1.99. The number of hydrogen-bond donors (Lipinski definition) is 1. The van der Waals surface area contributed by atoms with Gasteiger partial charge in [0.1, 0.15) is 5.82 Å². The van der Waals surface area contributed by atoms with Gasteiger partial charge in [-0.05, 0) is 31.2 Å². The average Bonchev–Trinajstić information content (AvgIpc) is 3.10. The number of benzene rings is 1. The molecule has 0 spiro atoms. The number of hydrogen-bond acceptors (Lipinski definition) is 4. The summed E-state index contributed by atoms with van der Waals surface area (Å²) in [5.41, 5.74) is 2.06. The summed E-state index contributed by atoms with van der Waals surface area (Å²) < 4.78 is 7.28. The summed E-state index contributed by atoms with van der Waals surface area (Å²) in [6.45, 7) is 2.09. The van der Waals surface area contributed by atoms with Crippen LogP contribution in [0.1, 0.15) is 18.8 Å². The van der Waals surface area contributed by atoms with E-state index in [9.17, 15) is 0 Å². The fraction of sp³-hybridized carbons (Fsp3) is 0.200. The zero-order valence-electron chi connectivity index (χ0n) is 11.4. The smallest absolute Gasteiger partial charge is 0.181 e. The van der Waals surface area contributed by atoms with E-state index in [-0.39, 0.29) is 6.04 Å². The molecule has 0 aliphatic rings. The molecule has 3 rings (SSSR count). The zero-order valence-corrected chi connectivity index (χ0v) is 11.4. The maximum absolute atomic E-state index is 5.27. The molecule has 2 heterocycles. The Balaban J connectivity index is 1.74. The molecule has 5 nitrogen and oxygen atoms in total. The van der Waals surface area contributed by atoms with Gasteiger partial charge in [-0.2, -0.15) is 0 Å². The van der Waals surface area contributed by atoms with Crippen LogP contribution in [0.4, 0.5) is 5.69 Å². The Kier molecular flexibility index (Phi) is 3.25. The van der Waals surface area contributed by atoms with Crippen molar-refractivity contribution in [2.24, 2.45) is 7.05 Å². The molecular weight excluding hydrogens is 252 g/mol. The van der Waals surface area contributed by atoms with Gasteiger partial charge in [0.25, 0.3) is 0 Å². The second-order valence-corrected chi connectivity index (χ2v) is 4.71. The molecule has 5 heteroatoms. The SMILES string of the molecule is CC(Nc1ccc(-c2cnco2)cc1)c1nccn1C. The highest BCUT2D eigenvalue weighted by Gasteiger charge is 2.10. The number of nitrogens with one attached hydrogen (secondary N) is 1. The minimum atomic E-state index is 0.145. The van der Waals surface area contributed by atoms with Crippen molar-refractivity contribution in [3.05, 3.63) is 55.1 Å². The first-order valence-electron chi connectivity index (χ1n) is 6.47. The van der Waals surface area contributed by atoms with E-state index < -0.39 is 0 Å². The number of nitrogens with zero attached hydrogens (tertiary/aromatic N) is 3. The first kappa shape index (κ1) is 12.5. The van der Waals surface area contributed by atoms with Crippen molar-refractivity contribution in [1.82, 2.24) is 14.5 Å². The van der Waals surface area contributed by atoms with Crippen LogP contribution in [-0.4, -0.2) is 14.5 Å². The van der Waals surface area contributed by atoms with E-state index in [1.165, 1.54) is 6.39 Å². The average molecular weight is 268 g/mol. The van der Waals surface area contributed by atoms with Crippen LogP contribution in [0, 0.1) is 0 Å². The van der Waals surface area contributed by atoms with E-state index in [0.29, 0.717) is 0 Å². The lowest BCUT2D eigenvalue weighted by molar-refractivity contribution is 0.572. The van der Waals surface area contributed by atoms with Crippen molar-refractivity contribution >= 4 is 5.69 Å². The Bertz CT molecular complexity index is 670. The molecule has 1 N–H and O–H groups in total. The third kappa shape index (κ3) is 2.42. The number of aromatic nitrogens is 3. The van der Waals surface area contributed by atoms with Crippen LogP contribution in [0.25, 0.3) is 11.3 Å². The highest BCUT2D eigenvalue weighted by Crippen LogP contribution is 2.23. The maximum Gasteiger partial charge on any atom is 0.181 e. The van der Waals surface area contributed by atoms with Crippen molar-refractivity contribution in [3.8, 4) is 11.3 Å². The zero-order chi connectivity index (χ0) is 13.9. The number of rotatable bonds is 4. The lowest BCUT2D eigenvalue weighted by atomic mass is 10.1. The number of anilines is 1. The van der Waals surface area contributed by atoms with E-state index >= 15 is 0 Å². The Labute approximate surface area is 117 Å². The van der Waals surface area contributed by atoms with Crippen LogP contribution in [0.5, 0.6) is 0 Å². The summed E-state index contributed by atoms with van der Waals surface area (Å²) in [6.07, 6.45) is 6.89. The highest BCUT2D eigenvalue weighted by atomic mass is 16.3. The molecule has 102 valence electrons. The van der Waals surface area contributed by atoms with E-state index in [1.54, 1.807) is 12.4 Å². The molecule has 1 unspecified atom stereocenters. The van der Waals surface area contributed by atoms with Gasteiger partial charge in [-0.15, -0.1) is 0 Å². The summed E-state index contributed by atoms with van der Waals surface area (Å²) in [6, 6.07) is 8.21. The van der Waals surface area contributed by atoms with Crippen LogP contribution < -0.4 is 5.32 Å². The molecule has 0 radical (unpaired) electrons. The third-order valence-corrected chi connectivity index (χ3v) is 3.23. The van der Waals surface area contributed by atoms with Gasteiger partial charge < -0.3 is 14.3 Å². The molecule has 0 saturated heterocycles. The Morgan fingerprint density at radius 1 is 1.25 bits per heavy atom. The molecule has 0 amide bonds. The Morgan fingerprint density at radius 2 is 2.05 bits per heavy atom. The second-order valence-electron chi connectivity index (χ2n) is 4.71. The van der Waals surface area contributed by atoms with Crippen LogP contribution in [0.2, 0.25) is 0 Å². The topological polar surface area (TPSA) is 55.9 Å². The first-order valence-corrected chi connectivity index (χ1v) is 6.47. The third-order valence-electron chi connectivity index (χ3n) is 3.23. The van der Waals surface area contributed by atoms with Crippen molar-refractivity contribution < 1.29 is 4.42 Å². The second kappa shape index (κ2) is 5.21. The Morgan fingerprint density at radius 3 is 2.65 bits per heavy atom. The molecular formula is C15H16N4O. The van der Waals surface area contributed by atoms with E-state index in [1.807, 2.05) is 42.1 Å². The monoisotopic (exact) mass is 268 g/mol. The van der Waals surface area contributed by atoms with E-state index in [2.05, 4.69) is 22.2 Å². The normalized spacial score (nSPS) is 12.3. The minimum Gasteiger partial charge on any atom is -0.444 e. The molecule has 0 aliphatic heterocycles. The predicted molar refractivity (Wildman–Crippen MR) is 77.2 cm³/mol. The van der Waals surface area contributed by atoms with Crippen LogP contribution >= 0.6 is 0 Å². The molecule has 3 aromatic rings. The molecule has 1 atom stereocenters. The fourth-order valence-electron chi connectivity index (χ4n) is 2.20. The van der Waals surface area contributed by atoms with Crippen LogP contribution in [0.3, 0.4) is 0 Å². The molecule has 0 aliphatic carbocycles. The van der Waals surface area contributed by atoms with Gasteiger partial charge in [0, 0.05) is 30.7 Å². The van der Waals surface area contributed by atoms with Crippen LogP contribution in [0.15, 0.2) is 53.7 Å². The molecule has 0 fully saturated rings. The van der Waals surface area contributed by atoms with Gasteiger partial charge in [0.2, 0.25) is 0 Å². The lowest BCUT2D eigenvalue weighted by Gasteiger charge is -2.15. The molecule has 2 aromatic heterocycles.